The van der Waals surface area contributed by atoms with Crippen LogP contribution in [-0.2, 0) is 17.0 Å². The number of nitrogens with one attached hydrogen (secondary N) is 1. The molecule has 1 amide bonds. The van der Waals surface area contributed by atoms with Gasteiger partial charge in [-0.1, -0.05) is 42.0 Å². The molecule has 0 saturated heterocycles. The van der Waals surface area contributed by atoms with Gasteiger partial charge in [0.2, 0.25) is 5.91 Å². The maximum Gasteiger partial charge on any atom is 0.224 e. The molecule has 1 N–H and O–H groups in total. The van der Waals surface area contributed by atoms with Crippen LogP contribution in [0.4, 0.5) is 4.39 Å². The first kappa shape index (κ1) is 16.6. The van der Waals surface area contributed by atoms with Crippen LogP contribution >= 0.6 is 11.8 Å². The molecule has 0 aliphatic rings. The number of hydrogen-bond acceptors (Lipinski definition) is 2. The second-order valence-corrected chi connectivity index (χ2v) is 6.30. The van der Waals surface area contributed by atoms with E-state index in [2.05, 4.69) is 36.5 Å². The van der Waals surface area contributed by atoms with Crippen LogP contribution in [-0.4, -0.2) is 18.2 Å². The Morgan fingerprint density at radius 3 is 2.36 bits per heavy atom. The van der Waals surface area contributed by atoms with Gasteiger partial charge in [-0.05, 0) is 30.2 Å². The molecular formula is C18H20FNOS. The van der Waals surface area contributed by atoms with E-state index in [1.165, 1.54) is 23.3 Å². The van der Waals surface area contributed by atoms with Gasteiger partial charge in [0.15, 0.2) is 0 Å². The van der Waals surface area contributed by atoms with Crippen LogP contribution in [0.25, 0.3) is 0 Å². The molecule has 0 unspecified atom stereocenters. The number of halogens is 1. The highest BCUT2D eigenvalue weighted by Gasteiger charge is 2.03. The molecule has 0 aliphatic carbocycles. The van der Waals surface area contributed by atoms with Gasteiger partial charge in [0.1, 0.15) is 5.82 Å². The van der Waals surface area contributed by atoms with Gasteiger partial charge >= 0.3 is 0 Å². The van der Waals surface area contributed by atoms with Crippen LogP contribution in [0.5, 0.6) is 0 Å². The molecule has 0 atom stereocenters. The van der Waals surface area contributed by atoms with Crippen LogP contribution in [0.2, 0.25) is 0 Å². The van der Waals surface area contributed by atoms with Crippen molar-refractivity contribution < 1.29 is 9.18 Å². The molecule has 2 rings (SSSR count). The first-order valence-corrected chi connectivity index (χ1v) is 8.43. The molecule has 0 radical (unpaired) electrons. The second-order valence-electron chi connectivity index (χ2n) is 5.19. The zero-order valence-corrected chi connectivity index (χ0v) is 13.5. The Kier molecular flexibility index (Phi) is 6.46. The zero-order chi connectivity index (χ0) is 15.8. The molecular weight excluding hydrogens is 297 g/mol. The molecule has 2 aromatic carbocycles. The molecule has 22 heavy (non-hydrogen) atoms. The van der Waals surface area contributed by atoms with Gasteiger partial charge in [-0.15, -0.1) is 0 Å². The van der Waals surface area contributed by atoms with E-state index < -0.39 is 0 Å². The Hall–Kier alpha value is -1.81. The maximum absolute atomic E-state index is 12.8. The van der Waals surface area contributed by atoms with E-state index in [1.807, 2.05) is 0 Å². The van der Waals surface area contributed by atoms with E-state index in [9.17, 15) is 9.18 Å². The van der Waals surface area contributed by atoms with Gasteiger partial charge in [0.25, 0.3) is 0 Å². The molecule has 0 spiro atoms. The summed E-state index contributed by atoms with van der Waals surface area (Å²) < 4.78 is 12.8. The van der Waals surface area contributed by atoms with E-state index in [1.54, 1.807) is 23.9 Å². The van der Waals surface area contributed by atoms with E-state index in [-0.39, 0.29) is 11.7 Å². The highest BCUT2D eigenvalue weighted by molar-refractivity contribution is 7.98. The van der Waals surface area contributed by atoms with Crippen LogP contribution in [0.3, 0.4) is 0 Å². The van der Waals surface area contributed by atoms with Crippen LogP contribution in [0, 0.1) is 12.7 Å². The number of carbonyl (C=O) groups excluding carboxylic acids is 1. The minimum absolute atomic E-state index is 0.0254. The van der Waals surface area contributed by atoms with Gasteiger partial charge < -0.3 is 5.32 Å². The lowest BCUT2D eigenvalue weighted by atomic mass is 10.1. The third-order valence-electron chi connectivity index (χ3n) is 3.24. The Morgan fingerprint density at radius 2 is 1.68 bits per heavy atom. The lowest BCUT2D eigenvalue weighted by Gasteiger charge is -2.06. The predicted molar refractivity (Wildman–Crippen MR) is 90.5 cm³/mol. The molecule has 2 nitrogen and oxygen atoms in total. The highest BCUT2D eigenvalue weighted by atomic mass is 32.2. The molecule has 4 heteroatoms. The predicted octanol–water partition coefficient (Wildman–Crippen LogP) is 3.73. The monoisotopic (exact) mass is 317 g/mol. The summed E-state index contributed by atoms with van der Waals surface area (Å²) in [6.07, 6.45) is 0.295. The topological polar surface area (TPSA) is 29.1 Å². The number of carbonyl (C=O) groups is 1. The number of amides is 1. The number of thioether (sulfide) groups is 1. The lowest BCUT2D eigenvalue weighted by molar-refractivity contribution is -0.120. The summed E-state index contributed by atoms with van der Waals surface area (Å²) >= 11 is 1.80. The fourth-order valence-corrected chi connectivity index (χ4v) is 2.81. The molecule has 0 bridgehead atoms. The van der Waals surface area contributed by atoms with Crippen LogP contribution in [0.15, 0.2) is 48.5 Å². The molecule has 2 aromatic rings. The van der Waals surface area contributed by atoms with Gasteiger partial charge in [0.05, 0.1) is 6.42 Å². The number of hydrogen-bond donors (Lipinski definition) is 1. The summed E-state index contributed by atoms with van der Waals surface area (Å²) in [6.45, 7) is 2.73. The molecule has 0 fully saturated rings. The SMILES string of the molecule is Cc1ccc(CSCCNC(=O)Cc2ccc(F)cc2)cc1. The van der Waals surface area contributed by atoms with E-state index in [0.717, 1.165) is 17.1 Å². The molecule has 0 aliphatic heterocycles. The summed E-state index contributed by atoms with van der Waals surface area (Å²) in [5, 5.41) is 2.89. The van der Waals surface area contributed by atoms with Crippen molar-refractivity contribution in [1.82, 2.24) is 5.32 Å². The Bertz CT molecular complexity index is 595. The Morgan fingerprint density at radius 1 is 1.05 bits per heavy atom. The van der Waals surface area contributed by atoms with Crippen LogP contribution in [0.1, 0.15) is 16.7 Å². The van der Waals surface area contributed by atoms with Gasteiger partial charge in [-0.2, -0.15) is 11.8 Å². The second kappa shape index (κ2) is 8.59. The zero-order valence-electron chi connectivity index (χ0n) is 12.6. The maximum atomic E-state index is 12.8. The van der Waals surface area contributed by atoms with Crippen molar-refractivity contribution in [2.24, 2.45) is 0 Å². The lowest BCUT2D eigenvalue weighted by Crippen LogP contribution is -2.27. The van der Waals surface area contributed by atoms with Crippen molar-refractivity contribution in [3.63, 3.8) is 0 Å². The number of benzene rings is 2. The molecule has 0 aromatic heterocycles. The van der Waals surface area contributed by atoms with Crippen molar-refractivity contribution in [2.45, 2.75) is 19.1 Å². The first-order chi connectivity index (χ1) is 10.6. The number of aryl methyl sites for hydroxylation is 1. The van der Waals surface area contributed by atoms with Crippen molar-refractivity contribution in [2.75, 3.05) is 12.3 Å². The quantitative estimate of drug-likeness (QED) is 0.789. The van der Waals surface area contributed by atoms with Crippen molar-refractivity contribution in [3.8, 4) is 0 Å². The highest BCUT2D eigenvalue weighted by Crippen LogP contribution is 2.12. The van der Waals surface area contributed by atoms with Crippen molar-refractivity contribution >= 4 is 17.7 Å². The summed E-state index contributed by atoms with van der Waals surface area (Å²) in [4.78, 5) is 11.8. The summed E-state index contributed by atoms with van der Waals surface area (Å²) in [7, 11) is 0. The fourth-order valence-electron chi connectivity index (χ4n) is 1.99. The average molecular weight is 317 g/mol. The normalized spacial score (nSPS) is 10.5. The minimum atomic E-state index is -0.281. The molecule has 116 valence electrons. The van der Waals surface area contributed by atoms with Crippen molar-refractivity contribution in [3.05, 3.63) is 71.0 Å². The van der Waals surface area contributed by atoms with E-state index in [4.69, 9.17) is 0 Å². The van der Waals surface area contributed by atoms with Gasteiger partial charge in [0, 0.05) is 18.1 Å². The van der Waals surface area contributed by atoms with E-state index >= 15 is 0 Å². The minimum Gasteiger partial charge on any atom is -0.355 e. The van der Waals surface area contributed by atoms with E-state index in [0.29, 0.717) is 13.0 Å². The standard InChI is InChI=1S/C18H20FNOS/c1-14-2-4-16(5-3-14)13-22-11-10-20-18(21)12-15-6-8-17(19)9-7-15/h2-9H,10-13H2,1H3,(H,20,21). The smallest absolute Gasteiger partial charge is 0.224 e. The van der Waals surface area contributed by atoms with Gasteiger partial charge in [-0.25, -0.2) is 4.39 Å². The first-order valence-electron chi connectivity index (χ1n) is 7.28. The molecule has 0 heterocycles. The largest absolute Gasteiger partial charge is 0.355 e. The summed E-state index contributed by atoms with van der Waals surface area (Å²) in [5.74, 6) is 1.52. The fraction of sp³-hybridized carbons (Fsp3) is 0.278. The summed E-state index contributed by atoms with van der Waals surface area (Å²) in [5.41, 5.74) is 3.39. The van der Waals surface area contributed by atoms with Crippen LogP contribution < -0.4 is 5.32 Å². The third-order valence-corrected chi connectivity index (χ3v) is 4.27. The Balaban J connectivity index is 1.61. The average Bonchev–Trinajstić information content (AvgIpc) is 2.51. The summed E-state index contributed by atoms with van der Waals surface area (Å²) in [6, 6.07) is 14.5. The molecule has 0 saturated carbocycles. The third kappa shape index (κ3) is 5.90. The number of rotatable bonds is 7. The van der Waals surface area contributed by atoms with Crippen molar-refractivity contribution in [1.29, 1.82) is 0 Å². The Labute approximate surface area is 135 Å². The van der Waals surface area contributed by atoms with Gasteiger partial charge in [-0.3, -0.25) is 4.79 Å².